The van der Waals surface area contributed by atoms with E-state index in [2.05, 4.69) is 5.32 Å². The van der Waals surface area contributed by atoms with Crippen LogP contribution in [0.1, 0.15) is 27.2 Å². The van der Waals surface area contributed by atoms with Gasteiger partial charge in [0.25, 0.3) is 0 Å². The minimum absolute atomic E-state index is 0.0741. The molecule has 0 heterocycles. The molecule has 0 aromatic heterocycles. The third-order valence-electron chi connectivity index (χ3n) is 2.30. The van der Waals surface area contributed by atoms with Gasteiger partial charge in [-0.3, -0.25) is 10.2 Å². The van der Waals surface area contributed by atoms with E-state index in [4.69, 9.17) is 5.26 Å². The number of nitrogens with one attached hydrogen (secondary N) is 1. The highest BCUT2D eigenvalue weighted by atomic mass is 19.4. The molecule has 0 aromatic carbocycles. The van der Waals surface area contributed by atoms with Crippen LogP contribution in [0.2, 0.25) is 0 Å². The van der Waals surface area contributed by atoms with Crippen LogP contribution in [0.25, 0.3) is 0 Å². The molecule has 1 N–H and O–H groups in total. The molecule has 0 aromatic rings. The van der Waals surface area contributed by atoms with Gasteiger partial charge in [-0.25, -0.2) is 0 Å². The van der Waals surface area contributed by atoms with E-state index in [0.717, 1.165) is 0 Å². The van der Waals surface area contributed by atoms with Crippen LogP contribution in [0.3, 0.4) is 0 Å². The molecular formula is C11H20F3N3. The van der Waals surface area contributed by atoms with Gasteiger partial charge in [0.1, 0.15) is 5.54 Å². The molecule has 0 saturated heterocycles. The Kier molecular flexibility index (Phi) is 6.50. The Morgan fingerprint density at radius 1 is 1.24 bits per heavy atom. The summed E-state index contributed by atoms with van der Waals surface area (Å²) in [6.45, 7) is 5.26. The van der Waals surface area contributed by atoms with Gasteiger partial charge in [0, 0.05) is 6.54 Å². The van der Waals surface area contributed by atoms with Crippen molar-refractivity contribution in [1.82, 2.24) is 10.2 Å². The van der Waals surface area contributed by atoms with Gasteiger partial charge in [-0.1, -0.05) is 13.8 Å². The van der Waals surface area contributed by atoms with E-state index in [1.807, 2.05) is 19.9 Å². The van der Waals surface area contributed by atoms with Crippen molar-refractivity contribution in [2.45, 2.75) is 38.9 Å². The first-order chi connectivity index (χ1) is 7.76. The zero-order valence-electron chi connectivity index (χ0n) is 10.6. The summed E-state index contributed by atoms with van der Waals surface area (Å²) >= 11 is 0. The Morgan fingerprint density at radius 2 is 1.82 bits per heavy atom. The first-order valence-electron chi connectivity index (χ1n) is 5.71. The topological polar surface area (TPSA) is 39.1 Å². The standard InChI is InChI=1S/C11H20F3N3/c1-4-6-17(9-11(12,13)14)8-10(3,7-15)16-5-2/h16H,4-6,8-9H2,1-3H3. The van der Waals surface area contributed by atoms with Gasteiger partial charge in [-0.15, -0.1) is 0 Å². The van der Waals surface area contributed by atoms with Crippen LogP contribution in [0.4, 0.5) is 13.2 Å². The average Bonchev–Trinajstić information content (AvgIpc) is 2.15. The summed E-state index contributed by atoms with van der Waals surface area (Å²) in [7, 11) is 0. The highest BCUT2D eigenvalue weighted by Crippen LogP contribution is 2.18. The second kappa shape index (κ2) is 6.82. The summed E-state index contributed by atoms with van der Waals surface area (Å²) in [5.74, 6) is 0. The minimum Gasteiger partial charge on any atom is -0.299 e. The van der Waals surface area contributed by atoms with Crippen molar-refractivity contribution in [2.75, 3.05) is 26.2 Å². The van der Waals surface area contributed by atoms with E-state index >= 15 is 0 Å². The first-order valence-corrected chi connectivity index (χ1v) is 5.71. The molecule has 0 aliphatic carbocycles. The van der Waals surface area contributed by atoms with Gasteiger partial charge >= 0.3 is 6.18 Å². The molecule has 17 heavy (non-hydrogen) atoms. The van der Waals surface area contributed by atoms with E-state index < -0.39 is 18.3 Å². The number of alkyl halides is 3. The maximum Gasteiger partial charge on any atom is 0.401 e. The SMILES string of the molecule is CCCN(CC(F)(F)F)CC(C)(C#N)NCC. The van der Waals surface area contributed by atoms with Crippen molar-refractivity contribution in [3.05, 3.63) is 0 Å². The van der Waals surface area contributed by atoms with Crippen LogP contribution in [0.15, 0.2) is 0 Å². The molecule has 1 unspecified atom stereocenters. The monoisotopic (exact) mass is 251 g/mol. The number of halogens is 3. The summed E-state index contributed by atoms with van der Waals surface area (Å²) in [6.07, 6.45) is -3.60. The van der Waals surface area contributed by atoms with Crippen molar-refractivity contribution in [3.8, 4) is 6.07 Å². The number of hydrogen-bond acceptors (Lipinski definition) is 3. The second-order valence-electron chi connectivity index (χ2n) is 4.30. The lowest BCUT2D eigenvalue weighted by Crippen LogP contribution is -2.52. The van der Waals surface area contributed by atoms with Crippen molar-refractivity contribution in [1.29, 1.82) is 5.26 Å². The summed E-state index contributed by atoms with van der Waals surface area (Å²) < 4.78 is 37.0. The molecule has 0 aliphatic rings. The van der Waals surface area contributed by atoms with Crippen LogP contribution < -0.4 is 5.32 Å². The Labute approximate surface area is 101 Å². The number of likely N-dealkylation sites (N-methyl/N-ethyl adjacent to an activating group) is 1. The number of nitrogens with zero attached hydrogens (tertiary/aromatic N) is 2. The van der Waals surface area contributed by atoms with Crippen LogP contribution in [0, 0.1) is 11.3 Å². The van der Waals surface area contributed by atoms with E-state index in [9.17, 15) is 13.2 Å². The van der Waals surface area contributed by atoms with E-state index in [-0.39, 0.29) is 6.54 Å². The van der Waals surface area contributed by atoms with Crippen LogP contribution >= 0.6 is 0 Å². The Balaban J connectivity index is 4.57. The second-order valence-corrected chi connectivity index (χ2v) is 4.30. The number of rotatable bonds is 7. The molecule has 1 atom stereocenters. The fourth-order valence-corrected chi connectivity index (χ4v) is 1.75. The maximum atomic E-state index is 12.3. The lowest BCUT2D eigenvalue weighted by molar-refractivity contribution is -0.147. The van der Waals surface area contributed by atoms with Crippen LogP contribution in [0.5, 0.6) is 0 Å². The van der Waals surface area contributed by atoms with Gasteiger partial charge in [-0.2, -0.15) is 18.4 Å². The zero-order valence-corrected chi connectivity index (χ0v) is 10.6. The smallest absolute Gasteiger partial charge is 0.299 e. The van der Waals surface area contributed by atoms with Gasteiger partial charge in [0.05, 0.1) is 12.6 Å². The summed E-state index contributed by atoms with van der Waals surface area (Å²) in [4.78, 5) is 1.27. The van der Waals surface area contributed by atoms with Gasteiger partial charge in [0.15, 0.2) is 0 Å². The highest BCUT2D eigenvalue weighted by Gasteiger charge is 2.34. The predicted molar refractivity (Wildman–Crippen MR) is 60.5 cm³/mol. The van der Waals surface area contributed by atoms with Crippen LogP contribution in [-0.4, -0.2) is 42.8 Å². The zero-order chi connectivity index (χ0) is 13.5. The summed E-state index contributed by atoms with van der Waals surface area (Å²) in [5, 5.41) is 11.9. The third-order valence-corrected chi connectivity index (χ3v) is 2.30. The molecule has 0 bridgehead atoms. The lowest BCUT2D eigenvalue weighted by Gasteiger charge is -2.31. The number of nitriles is 1. The van der Waals surface area contributed by atoms with Crippen molar-refractivity contribution in [2.24, 2.45) is 0 Å². The van der Waals surface area contributed by atoms with E-state index in [1.165, 1.54) is 4.90 Å². The molecule has 100 valence electrons. The summed E-state index contributed by atoms with van der Waals surface area (Å²) in [5.41, 5.74) is -0.935. The van der Waals surface area contributed by atoms with Gasteiger partial charge < -0.3 is 0 Å². The number of hydrogen-bond donors (Lipinski definition) is 1. The van der Waals surface area contributed by atoms with Crippen molar-refractivity contribution >= 4 is 0 Å². The Morgan fingerprint density at radius 3 is 2.18 bits per heavy atom. The lowest BCUT2D eigenvalue weighted by atomic mass is 10.0. The summed E-state index contributed by atoms with van der Waals surface area (Å²) in [6, 6.07) is 2.03. The van der Waals surface area contributed by atoms with Crippen molar-refractivity contribution in [3.63, 3.8) is 0 Å². The Hall–Kier alpha value is -0.800. The third kappa shape index (κ3) is 7.18. The van der Waals surface area contributed by atoms with E-state index in [0.29, 0.717) is 19.5 Å². The molecule has 0 rings (SSSR count). The predicted octanol–water partition coefficient (Wildman–Crippen LogP) is 2.15. The Bertz CT molecular complexity index is 260. The van der Waals surface area contributed by atoms with E-state index in [1.54, 1.807) is 6.92 Å². The molecule has 0 saturated carbocycles. The molecule has 6 heteroatoms. The minimum atomic E-state index is -4.22. The fourth-order valence-electron chi connectivity index (χ4n) is 1.75. The van der Waals surface area contributed by atoms with Crippen molar-refractivity contribution < 1.29 is 13.2 Å². The average molecular weight is 251 g/mol. The molecule has 0 aliphatic heterocycles. The largest absolute Gasteiger partial charge is 0.401 e. The quantitative estimate of drug-likeness (QED) is 0.753. The maximum absolute atomic E-state index is 12.3. The van der Waals surface area contributed by atoms with Crippen LogP contribution in [-0.2, 0) is 0 Å². The molecular weight excluding hydrogens is 231 g/mol. The molecule has 0 radical (unpaired) electrons. The first kappa shape index (κ1) is 16.2. The van der Waals surface area contributed by atoms with Gasteiger partial charge in [0.2, 0.25) is 0 Å². The molecule has 0 amide bonds. The highest BCUT2D eigenvalue weighted by molar-refractivity contribution is 5.05. The normalized spacial score (nSPS) is 15.6. The fraction of sp³-hybridized carbons (Fsp3) is 0.909. The molecule has 0 fully saturated rings. The van der Waals surface area contributed by atoms with Gasteiger partial charge in [-0.05, 0) is 26.4 Å². The molecule has 3 nitrogen and oxygen atoms in total. The molecule has 0 spiro atoms.